The maximum absolute atomic E-state index is 12.5. The smallest absolute Gasteiger partial charge is 0.123 e. The molecule has 0 saturated carbocycles. The highest BCUT2D eigenvalue weighted by molar-refractivity contribution is 5.21. The van der Waals surface area contributed by atoms with Crippen LogP contribution in [0, 0.1) is 12.7 Å². The molecular weight excluding hydrogens is 167 g/mol. The lowest BCUT2D eigenvalue weighted by atomic mass is 10.3. The Hall–Kier alpha value is -1.05. The van der Waals surface area contributed by atoms with Gasteiger partial charge in [0.25, 0.3) is 0 Å². The second kappa shape index (κ2) is 5.57. The molecule has 0 aliphatic heterocycles. The van der Waals surface area contributed by atoms with Crippen LogP contribution >= 0.6 is 0 Å². The minimum Gasteiger partial charge on any atom is -0.494 e. The van der Waals surface area contributed by atoms with E-state index in [1.54, 1.807) is 12.1 Å². The molecule has 1 rings (SSSR count). The molecule has 0 spiro atoms. The Morgan fingerprint density at radius 2 is 1.85 bits per heavy atom. The molecule has 0 bridgehead atoms. The van der Waals surface area contributed by atoms with Gasteiger partial charge >= 0.3 is 0 Å². The molecule has 0 aliphatic rings. The second-order valence-electron chi connectivity index (χ2n) is 2.86. The minimum atomic E-state index is -0.231. The lowest BCUT2D eigenvalue weighted by Gasteiger charge is -2.04. The van der Waals surface area contributed by atoms with Gasteiger partial charge in [-0.05, 0) is 30.7 Å². The zero-order chi connectivity index (χ0) is 9.52. The number of rotatable bonds is 5. The predicted molar refractivity (Wildman–Crippen MR) is 51.1 cm³/mol. The van der Waals surface area contributed by atoms with Gasteiger partial charge in [-0.25, -0.2) is 4.39 Å². The van der Waals surface area contributed by atoms with Gasteiger partial charge in [-0.1, -0.05) is 19.8 Å². The van der Waals surface area contributed by atoms with E-state index in [1.807, 2.05) is 0 Å². The number of hydrogen-bond acceptors (Lipinski definition) is 1. The highest BCUT2D eigenvalue weighted by Crippen LogP contribution is 2.11. The van der Waals surface area contributed by atoms with Crippen molar-refractivity contribution in [2.24, 2.45) is 0 Å². The van der Waals surface area contributed by atoms with Gasteiger partial charge in [0.15, 0.2) is 0 Å². The lowest BCUT2D eigenvalue weighted by Crippen LogP contribution is -1.96. The first-order chi connectivity index (χ1) is 6.33. The van der Waals surface area contributed by atoms with Crippen LogP contribution in [-0.2, 0) is 0 Å². The normalized spacial score (nSPS) is 10.0. The second-order valence-corrected chi connectivity index (χ2v) is 2.86. The quantitative estimate of drug-likeness (QED) is 0.634. The molecule has 2 heteroatoms. The third-order valence-corrected chi connectivity index (χ3v) is 1.73. The Labute approximate surface area is 78.5 Å². The Kier molecular flexibility index (Phi) is 4.30. The number of benzene rings is 1. The summed E-state index contributed by atoms with van der Waals surface area (Å²) in [4.78, 5) is 0. The van der Waals surface area contributed by atoms with Crippen LogP contribution in [0.4, 0.5) is 4.39 Å². The third-order valence-electron chi connectivity index (χ3n) is 1.73. The fourth-order valence-electron chi connectivity index (χ4n) is 1.000. The molecule has 0 atom stereocenters. The first-order valence-corrected chi connectivity index (χ1v) is 4.50. The summed E-state index contributed by atoms with van der Waals surface area (Å²) in [7, 11) is 0. The molecule has 1 nitrogen and oxygen atoms in total. The first-order valence-electron chi connectivity index (χ1n) is 4.50. The Bertz CT molecular complexity index is 230. The maximum atomic E-state index is 12.5. The van der Waals surface area contributed by atoms with Crippen molar-refractivity contribution >= 4 is 0 Å². The molecule has 0 N–H and O–H groups in total. The molecule has 1 radical (unpaired) electrons. The van der Waals surface area contributed by atoms with Gasteiger partial charge in [0.05, 0.1) is 6.61 Å². The van der Waals surface area contributed by atoms with Gasteiger partial charge in [-0.3, -0.25) is 0 Å². The van der Waals surface area contributed by atoms with Crippen LogP contribution in [-0.4, -0.2) is 6.61 Å². The van der Waals surface area contributed by atoms with Crippen LogP contribution in [0.2, 0.25) is 0 Å². The maximum Gasteiger partial charge on any atom is 0.123 e. The van der Waals surface area contributed by atoms with Gasteiger partial charge in [0.2, 0.25) is 0 Å². The van der Waals surface area contributed by atoms with Crippen LogP contribution in [0.1, 0.15) is 19.3 Å². The highest BCUT2D eigenvalue weighted by Gasteiger charge is 1.93. The summed E-state index contributed by atoms with van der Waals surface area (Å²) in [5.74, 6) is 0.496. The van der Waals surface area contributed by atoms with E-state index in [0.29, 0.717) is 6.61 Å². The molecular formula is C11H14FO. The van der Waals surface area contributed by atoms with Crippen molar-refractivity contribution in [3.8, 4) is 5.75 Å². The molecule has 0 unspecified atom stereocenters. The lowest BCUT2D eigenvalue weighted by molar-refractivity contribution is 0.307. The molecule has 71 valence electrons. The summed E-state index contributed by atoms with van der Waals surface area (Å²) in [6, 6.07) is 6.08. The fraction of sp³-hybridized carbons (Fsp3) is 0.364. The summed E-state index contributed by atoms with van der Waals surface area (Å²) in [5.41, 5.74) is 0. The van der Waals surface area contributed by atoms with Crippen LogP contribution < -0.4 is 4.74 Å². The van der Waals surface area contributed by atoms with Gasteiger partial charge in [-0.2, -0.15) is 0 Å². The Morgan fingerprint density at radius 1 is 1.15 bits per heavy atom. The largest absolute Gasteiger partial charge is 0.494 e. The van der Waals surface area contributed by atoms with E-state index in [4.69, 9.17) is 4.74 Å². The number of unbranched alkanes of at least 4 members (excludes halogenated alkanes) is 2. The fourth-order valence-corrected chi connectivity index (χ4v) is 1.000. The predicted octanol–water partition coefficient (Wildman–Crippen LogP) is 3.21. The van der Waals surface area contributed by atoms with Crippen molar-refractivity contribution < 1.29 is 9.13 Å². The molecule has 0 aliphatic carbocycles. The molecule has 0 saturated heterocycles. The van der Waals surface area contributed by atoms with Crippen LogP contribution in [0.25, 0.3) is 0 Å². The summed E-state index contributed by atoms with van der Waals surface area (Å²) in [6.45, 7) is 4.42. The summed E-state index contributed by atoms with van der Waals surface area (Å²) < 4.78 is 17.8. The van der Waals surface area contributed by atoms with Gasteiger partial charge in [-0.15, -0.1) is 0 Å². The summed E-state index contributed by atoms with van der Waals surface area (Å²) >= 11 is 0. The summed E-state index contributed by atoms with van der Waals surface area (Å²) in [6.07, 6.45) is 3.01. The molecule has 0 heterocycles. The van der Waals surface area contributed by atoms with E-state index in [2.05, 4.69) is 6.92 Å². The molecule has 0 fully saturated rings. The van der Waals surface area contributed by atoms with Gasteiger partial charge in [0, 0.05) is 0 Å². The molecule has 1 aromatic rings. The number of halogens is 1. The monoisotopic (exact) mass is 181 g/mol. The molecule has 1 aromatic carbocycles. The third kappa shape index (κ3) is 3.92. The SMILES string of the molecule is [CH2]CCCCOc1ccc(F)cc1. The topological polar surface area (TPSA) is 9.23 Å². The molecule has 13 heavy (non-hydrogen) atoms. The number of hydrogen-bond donors (Lipinski definition) is 0. The highest BCUT2D eigenvalue weighted by atomic mass is 19.1. The number of ether oxygens (including phenoxy) is 1. The van der Waals surface area contributed by atoms with Crippen molar-refractivity contribution in [3.05, 3.63) is 37.0 Å². The van der Waals surface area contributed by atoms with E-state index in [9.17, 15) is 4.39 Å². The summed E-state index contributed by atoms with van der Waals surface area (Å²) in [5, 5.41) is 0. The van der Waals surface area contributed by atoms with Crippen molar-refractivity contribution in [2.45, 2.75) is 19.3 Å². The van der Waals surface area contributed by atoms with E-state index < -0.39 is 0 Å². The van der Waals surface area contributed by atoms with Crippen molar-refractivity contribution in [1.82, 2.24) is 0 Å². The van der Waals surface area contributed by atoms with E-state index in [-0.39, 0.29) is 5.82 Å². The minimum absolute atomic E-state index is 0.231. The first kappa shape index (κ1) is 10.0. The van der Waals surface area contributed by atoms with Crippen LogP contribution in [0.3, 0.4) is 0 Å². The average molecular weight is 181 g/mol. The Balaban J connectivity index is 2.25. The van der Waals surface area contributed by atoms with Gasteiger partial charge in [0.1, 0.15) is 11.6 Å². The van der Waals surface area contributed by atoms with Crippen molar-refractivity contribution in [1.29, 1.82) is 0 Å². The molecule has 0 amide bonds. The van der Waals surface area contributed by atoms with Crippen LogP contribution in [0.15, 0.2) is 24.3 Å². The molecule has 0 aromatic heterocycles. The van der Waals surface area contributed by atoms with E-state index in [1.165, 1.54) is 12.1 Å². The van der Waals surface area contributed by atoms with Gasteiger partial charge < -0.3 is 4.74 Å². The van der Waals surface area contributed by atoms with Crippen molar-refractivity contribution in [3.63, 3.8) is 0 Å². The zero-order valence-corrected chi connectivity index (χ0v) is 7.63. The van der Waals surface area contributed by atoms with Crippen molar-refractivity contribution in [2.75, 3.05) is 6.61 Å². The van der Waals surface area contributed by atoms with E-state index >= 15 is 0 Å². The average Bonchev–Trinajstić information content (AvgIpc) is 2.15. The Morgan fingerprint density at radius 3 is 2.46 bits per heavy atom. The van der Waals surface area contributed by atoms with E-state index in [0.717, 1.165) is 25.0 Å². The standard InChI is InChI=1S/C11H14FO/c1-2-3-4-9-13-11-7-5-10(12)6-8-11/h5-8H,1-4,9H2. The van der Waals surface area contributed by atoms with Crippen LogP contribution in [0.5, 0.6) is 5.75 Å². The zero-order valence-electron chi connectivity index (χ0n) is 7.63.